The van der Waals surface area contributed by atoms with E-state index in [2.05, 4.69) is 20.6 Å². The molecule has 2 aliphatic rings. The molecule has 0 bridgehead atoms. The van der Waals surface area contributed by atoms with Crippen LogP contribution in [0, 0.1) is 0 Å². The molecule has 2 unspecified atom stereocenters. The predicted molar refractivity (Wildman–Crippen MR) is 130 cm³/mol. The van der Waals surface area contributed by atoms with Gasteiger partial charge < -0.3 is 15.7 Å². The number of pyridine rings is 1. The Balaban J connectivity index is 1.43. The highest BCUT2D eigenvalue weighted by Gasteiger charge is 2.39. The second-order valence-corrected chi connectivity index (χ2v) is 11.7. The van der Waals surface area contributed by atoms with Crippen LogP contribution in [0.3, 0.4) is 0 Å². The molecule has 0 radical (unpaired) electrons. The molecule has 1 saturated heterocycles. The van der Waals surface area contributed by atoms with E-state index in [1.165, 1.54) is 6.07 Å². The van der Waals surface area contributed by atoms with Crippen molar-refractivity contribution in [3.05, 3.63) is 52.9 Å². The van der Waals surface area contributed by atoms with Gasteiger partial charge in [0.2, 0.25) is 5.95 Å². The van der Waals surface area contributed by atoms with Crippen molar-refractivity contribution in [2.75, 3.05) is 18.4 Å². The van der Waals surface area contributed by atoms with E-state index < -0.39 is 15.4 Å². The molecule has 2 aromatic heterocycles. The second-order valence-electron chi connectivity index (χ2n) is 9.42. The highest BCUT2D eigenvalue weighted by Crippen LogP contribution is 2.39. The fourth-order valence-electron chi connectivity index (χ4n) is 5.09. The quantitative estimate of drug-likeness (QED) is 0.505. The number of aliphatic hydroxyl groups is 1. The van der Waals surface area contributed by atoms with E-state index in [9.17, 15) is 18.3 Å². The van der Waals surface area contributed by atoms with Gasteiger partial charge in [0.15, 0.2) is 9.84 Å². The van der Waals surface area contributed by atoms with Gasteiger partial charge in [-0.2, -0.15) is 4.98 Å². The molecule has 1 aromatic carbocycles. The number of hydrogen-bond donors (Lipinski definition) is 3. The van der Waals surface area contributed by atoms with Gasteiger partial charge in [-0.1, -0.05) is 0 Å². The largest absolute Gasteiger partial charge is 0.388 e. The van der Waals surface area contributed by atoms with Crippen molar-refractivity contribution in [2.24, 2.45) is 0 Å². The lowest BCUT2D eigenvalue weighted by Gasteiger charge is -2.28. The third-order valence-electron chi connectivity index (χ3n) is 7.02. The molecule has 1 aliphatic heterocycles. The summed E-state index contributed by atoms with van der Waals surface area (Å²) in [6, 6.07) is 9.41. The number of nitrogens with zero attached hydrogens (tertiary/aromatic N) is 3. The summed E-state index contributed by atoms with van der Waals surface area (Å²) < 4.78 is 27.4. The number of hydrogen-bond acceptors (Lipinski definition) is 8. The summed E-state index contributed by atoms with van der Waals surface area (Å²) in [6.07, 6.45) is 5.03. The molecule has 5 rings (SSSR count). The number of sulfone groups is 1. The van der Waals surface area contributed by atoms with Crippen LogP contribution in [0.5, 0.6) is 0 Å². The van der Waals surface area contributed by atoms with E-state index in [0.717, 1.165) is 6.42 Å². The molecule has 34 heavy (non-hydrogen) atoms. The summed E-state index contributed by atoms with van der Waals surface area (Å²) in [5, 5.41) is 17.5. The zero-order chi connectivity index (χ0) is 23.9. The van der Waals surface area contributed by atoms with E-state index in [1.54, 1.807) is 48.0 Å². The maximum absolute atomic E-state index is 12.9. The first-order valence-electron chi connectivity index (χ1n) is 11.7. The van der Waals surface area contributed by atoms with Crippen molar-refractivity contribution >= 4 is 32.5 Å². The zero-order valence-electron chi connectivity index (χ0n) is 19.1. The third kappa shape index (κ3) is 4.21. The molecule has 1 saturated carbocycles. The Kier molecular flexibility index (Phi) is 5.91. The Bertz CT molecular complexity index is 1360. The Morgan fingerprint density at radius 1 is 1.12 bits per heavy atom. The molecule has 3 aromatic rings. The van der Waals surface area contributed by atoms with Crippen LogP contribution in [0.4, 0.5) is 11.6 Å². The molecule has 2 fully saturated rings. The highest BCUT2D eigenvalue weighted by atomic mass is 32.2. The Morgan fingerprint density at radius 3 is 2.53 bits per heavy atom. The van der Waals surface area contributed by atoms with E-state index in [4.69, 9.17) is 0 Å². The van der Waals surface area contributed by atoms with Gasteiger partial charge in [0.25, 0.3) is 5.56 Å². The molecule has 9 nitrogen and oxygen atoms in total. The Labute approximate surface area is 198 Å². The van der Waals surface area contributed by atoms with Gasteiger partial charge in [0.1, 0.15) is 5.65 Å². The van der Waals surface area contributed by atoms with Gasteiger partial charge in [0, 0.05) is 23.3 Å². The smallest absolute Gasteiger partial charge is 0.252 e. The molecule has 3 heterocycles. The normalized spacial score (nSPS) is 23.9. The summed E-state index contributed by atoms with van der Waals surface area (Å²) in [6.45, 7) is 3.18. The number of benzene rings is 1. The van der Waals surface area contributed by atoms with Gasteiger partial charge in [-0.25, -0.2) is 13.4 Å². The number of piperidine rings is 1. The molecule has 10 heteroatoms. The monoisotopic (exact) mass is 483 g/mol. The molecule has 3 N–H and O–H groups in total. The minimum Gasteiger partial charge on any atom is -0.388 e. The summed E-state index contributed by atoms with van der Waals surface area (Å²) in [4.78, 5) is 22.0. The van der Waals surface area contributed by atoms with E-state index in [0.29, 0.717) is 66.3 Å². The maximum Gasteiger partial charge on any atom is 0.252 e. The first kappa shape index (κ1) is 22.9. The molecule has 0 amide bonds. The van der Waals surface area contributed by atoms with Crippen LogP contribution < -0.4 is 16.2 Å². The van der Waals surface area contributed by atoms with Gasteiger partial charge in [-0.3, -0.25) is 9.36 Å². The summed E-state index contributed by atoms with van der Waals surface area (Å²) in [7, 11) is -3.37. The van der Waals surface area contributed by atoms with Crippen LogP contribution in [-0.2, 0) is 9.84 Å². The number of anilines is 2. The first-order chi connectivity index (χ1) is 16.3. The fraction of sp³-hybridized carbons (Fsp3) is 0.458. The minimum absolute atomic E-state index is 0.211. The number of rotatable bonds is 5. The van der Waals surface area contributed by atoms with Gasteiger partial charge in [-0.05, 0) is 82.4 Å². The van der Waals surface area contributed by atoms with Crippen LogP contribution in [0.2, 0.25) is 0 Å². The standard InChI is InChI=1S/C24H29N5O4S/c1-24(31)12-2-3-20(24)29-21(30)9-4-16-15-26-23(28-22(16)29)27-17-5-7-18(8-6-17)34(32,33)19-10-13-25-14-11-19/h4-9,15,19-20,25,31H,2-3,10-14H2,1H3,(H,26,27,28). The zero-order valence-corrected chi connectivity index (χ0v) is 19.9. The van der Waals surface area contributed by atoms with Crippen molar-refractivity contribution in [3.8, 4) is 0 Å². The summed E-state index contributed by atoms with van der Waals surface area (Å²) in [5.41, 5.74) is -0.0906. The van der Waals surface area contributed by atoms with Crippen LogP contribution in [0.1, 0.15) is 45.1 Å². The Hall–Kier alpha value is -2.82. The average Bonchev–Trinajstić information content (AvgIpc) is 3.18. The summed E-state index contributed by atoms with van der Waals surface area (Å²) in [5.74, 6) is 0.290. The molecular weight excluding hydrogens is 454 g/mol. The first-order valence-corrected chi connectivity index (χ1v) is 13.2. The summed E-state index contributed by atoms with van der Waals surface area (Å²) >= 11 is 0. The Morgan fingerprint density at radius 2 is 1.85 bits per heavy atom. The minimum atomic E-state index is -3.37. The lowest BCUT2D eigenvalue weighted by atomic mass is 10.00. The van der Waals surface area contributed by atoms with Crippen LogP contribution in [0.25, 0.3) is 11.0 Å². The third-order valence-corrected chi connectivity index (χ3v) is 9.30. The number of aromatic nitrogens is 3. The van der Waals surface area contributed by atoms with Gasteiger partial charge in [0.05, 0.1) is 21.8 Å². The van der Waals surface area contributed by atoms with E-state index in [1.807, 2.05) is 0 Å². The van der Waals surface area contributed by atoms with E-state index >= 15 is 0 Å². The average molecular weight is 484 g/mol. The SMILES string of the molecule is CC1(O)CCCC1n1c(=O)ccc2cnc(Nc3ccc(S(=O)(=O)C4CCNCC4)cc3)nc21. The predicted octanol–water partition coefficient (Wildman–Crippen LogP) is 2.54. The molecule has 0 spiro atoms. The van der Waals surface area contributed by atoms with Crippen LogP contribution in [-0.4, -0.2) is 52.0 Å². The van der Waals surface area contributed by atoms with Crippen LogP contribution >= 0.6 is 0 Å². The lowest BCUT2D eigenvalue weighted by Crippen LogP contribution is -2.37. The molecule has 1 aliphatic carbocycles. The molecular formula is C24H29N5O4S. The topological polar surface area (TPSA) is 126 Å². The van der Waals surface area contributed by atoms with Gasteiger partial charge >= 0.3 is 0 Å². The number of nitrogens with one attached hydrogen (secondary N) is 2. The fourth-order valence-corrected chi connectivity index (χ4v) is 6.85. The molecule has 180 valence electrons. The van der Waals surface area contributed by atoms with Gasteiger partial charge in [-0.15, -0.1) is 0 Å². The van der Waals surface area contributed by atoms with Crippen molar-refractivity contribution in [3.63, 3.8) is 0 Å². The van der Waals surface area contributed by atoms with Crippen molar-refractivity contribution in [2.45, 2.75) is 60.8 Å². The van der Waals surface area contributed by atoms with Crippen molar-refractivity contribution in [1.82, 2.24) is 19.9 Å². The van der Waals surface area contributed by atoms with Crippen LogP contribution in [0.15, 0.2) is 52.3 Å². The maximum atomic E-state index is 12.9. The van der Waals surface area contributed by atoms with Crippen molar-refractivity contribution in [1.29, 1.82) is 0 Å². The second kappa shape index (κ2) is 8.75. The lowest BCUT2D eigenvalue weighted by molar-refractivity contribution is 0.0267. The highest BCUT2D eigenvalue weighted by molar-refractivity contribution is 7.92. The van der Waals surface area contributed by atoms with E-state index in [-0.39, 0.29) is 16.9 Å². The molecule has 2 atom stereocenters. The van der Waals surface area contributed by atoms with Crippen molar-refractivity contribution < 1.29 is 13.5 Å². The number of fused-ring (bicyclic) bond motifs is 1.